The molecule has 18 heavy (non-hydrogen) atoms. The summed E-state index contributed by atoms with van der Waals surface area (Å²) in [6, 6.07) is 5.06. The van der Waals surface area contributed by atoms with Gasteiger partial charge in [-0.3, -0.25) is 0 Å². The molecule has 0 spiro atoms. The number of nitrogens with zero attached hydrogens (tertiary/aromatic N) is 1. The molecule has 0 aliphatic heterocycles. The summed E-state index contributed by atoms with van der Waals surface area (Å²) in [5.74, 6) is 0.636. The van der Waals surface area contributed by atoms with Crippen LogP contribution in [0.3, 0.4) is 0 Å². The van der Waals surface area contributed by atoms with E-state index in [2.05, 4.69) is 10.3 Å². The van der Waals surface area contributed by atoms with Crippen LogP contribution < -0.4 is 5.32 Å². The van der Waals surface area contributed by atoms with Crippen molar-refractivity contribution in [2.24, 2.45) is 0 Å². The van der Waals surface area contributed by atoms with Crippen LogP contribution in [-0.4, -0.2) is 4.98 Å². The number of halogens is 4. The first-order chi connectivity index (χ1) is 8.45. The molecule has 2 aromatic heterocycles. The fraction of sp³-hybridized carbons (Fsp3) is 0.182. The van der Waals surface area contributed by atoms with Crippen molar-refractivity contribution in [1.82, 2.24) is 4.98 Å². The first-order valence-electron chi connectivity index (χ1n) is 4.96. The number of hydrogen-bond acceptors (Lipinski definition) is 3. The number of alkyl halides is 3. The molecule has 0 saturated carbocycles. The van der Waals surface area contributed by atoms with Crippen molar-refractivity contribution in [3.05, 3.63) is 47.0 Å². The lowest BCUT2D eigenvalue weighted by atomic mass is 10.2. The lowest BCUT2D eigenvalue weighted by Gasteiger charge is -2.10. The topological polar surface area (TPSA) is 38.1 Å². The Morgan fingerprint density at radius 3 is 2.72 bits per heavy atom. The molecular formula is C11H8ClF3N2O. The average molecular weight is 277 g/mol. The van der Waals surface area contributed by atoms with E-state index in [4.69, 9.17) is 16.0 Å². The third-order valence-electron chi connectivity index (χ3n) is 2.15. The summed E-state index contributed by atoms with van der Waals surface area (Å²) in [6.45, 7) is 0.234. The molecule has 3 nitrogen and oxygen atoms in total. The van der Waals surface area contributed by atoms with Gasteiger partial charge in [0.2, 0.25) is 0 Å². The van der Waals surface area contributed by atoms with Crippen molar-refractivity contribution in [3.8, 4) is 0 Å². The van der Waals surface area contributed by atoms with Gasteiger partial charge < -0.3 is 9.73 Å². The Morgan fingerprint density at radius 1 is 1.33 bits per heavy atom. The predicted molar refractivity (Wildman–Crippen MR) is 60.3 cm³/mol. The molecule has 0 atom stereocenters. The van der Waals surface area contributed by atoms with E-state index in [-0.39, 0.29) is 17.5 Å². The standard InChI is InChI=1S/C11H8ClF3N2O/c12-9-4-7(11(13,14)15)5-10(17-9)16-6-8-2-1-3-18-8/h1-5H,6H2,(H,16,17). The zero-order valence-corrected chi connectivity index (χ0v) is 9.72. The molecule has 96 valence electrons. The highest BCUT2D eigenvalue weighted by Crippen LogP contribution is 2.31. The minimum absolute atomic E-state index is 0.0474. The van der Waals surface area contributed by atoms with Crippen molar-refractivity contribution >= 4 is 17.4 Å². The van der Waals surface area contributed by atoms with Crippen LogP contribution in [0.5, 0.6) is 0 Å². The largest absolute Gasteiger partial charge is 0.467 e. The highest BCUT2D eigenvalue weighted by molar-refractivity contribution is 6.29. The fourth-order valence-corrected chi connectivity index (χ4v) is 1.55. The van der Waals surface area contributed by atoms with Crippen molar-refractivity contribution in [2.45, 2.75) is 12.7 Å². The second kappa shape index (κ2) is 4.89. The van der Waals surface area contributed by atoms with Crippen molar-refractivity contribution < 1.29 is 17.6 Å². The van der Waals surface area contributed by atoms with Gasteiger partial charge in [0.15, 0.2) is 0 Å². The number of rotatable bonds is 3. The SMILES string of the molecule is FC(F)(F)c1cc(Cl)nc(NCc2ccco2)c1. The molecule has 2 aromatic rings. The van der Waals surface area contributed by atoms with Gasteiger partial charge in [0.25, 0.3) is 0 Å². The van der Waals surface area contributed by atoms with E-state index < -0.39 is 11.7 Å². The van der Waals surface area contributed by atoms with Crippen LogP contribution in [-0.2, 0) is 12.7 Å². The van der Waals surface area contributed by atoms with Gasteiger partial charge in [-0.05, 0) is 24.3 Å². The predicted octanol–water partition coefficient (Wildman–Crippen LogP) is 3.96. The lowest BCUT2D eigenvalue weighted by molar-refractivity contribution is -0.137. The highest BCUT2D eigenvalue weighted by atomic mass is 35.5. The number of hydrogen-bond donors (Lipinski definition) is 1. The maximum absolute atomic E-state index is 12.5. The zero-order chi connectivity index (χ0) is 13.2. The van der Waals surface area contributed by atoms with Gasteiger partial charge in [-0.25, -0.2) is 4.98 Å². The van der Waals surface area contributed by atoms with Crippen LogP contribution in [0.2, 0.25) is 5.15 Å². The van der Waals surface area contributed by atoms with E-state index in [1.807, 2.05) is 0 Å². The summed E-state index contributed by atoms with van der Waals surface area (Å²) in [7, 11) is 0. The molecule has 1 N–H and O–H groups in total. The zero-order valence-electron chi connectivity index (χ0n) is 8.96. The second-order valence-corrected chi connectivity index (χ2v) is 3.88. The summed E-state index contributed by atoms with van der Waals surface area (Å²) >= 11 is 5.54. The van der Waals surface area contributed by atoms with Crippen LogP contribution in [0.15, 0.2) is 34.9 Å². The normalized spacial score (nSPS) is 11.6. The Hall–Kier alpha value is -1.69. The van der Waals surface area contributed by atoms with Gasteiger partial charge in [0.05, 0.1) is 18.4 Å². The molecule has 0 fully saturated rings. The van der Waals surface area contributed by atoms with E-state index >= 15 is 0 Å². The molecule has 0 amide bonds. The molecule has 7 heteroatoms. The summed E-state index contributed by atoms with van der Waals surface area (Å²) in [6.07, 6.45) is -2.97. The molecule has 0 aromatic carbocycles. The number of pyridine rings is 1. The van der Waals surface area contributed by atoms with E-state index in [1.54, 1.807) is 12.1 Å². The van der Waals surface area contributed by atoms with Crippen LogP contribution in [0.4, 0.5) is 19.0 Å². The number of furan rings is 1. The van der Waals surface area contributed by atoms with Gasteiger partial charge in [-0.15, -0.1) is 0 Å². The molecular weight excluding hydrogens is 269 g/mol. The first kappa shape index (κ1) is 12.8. The molecule has 0 aliphatic carbocycles. The number of nitrogens with one attached hydrogen (secondary N) is 1. The minimum Gasteiger partial charge on any atom is -0.467 e. The summed E-state index contributed by atoms with van der Waals surface area (Å²) in [5.41, 5.74) is -0.843. The van der Waals surface area contributed by atoms with Crippen molar-refractivity contribution in [2.75, 3.05) is 5.32 Å². The Labute approximate surface area is 106 Å². The van der Waals surface area contributed by atoms with E-state index in [0.29, 0.717) is 5.76 Å². The number of aromatic nitrogens is 1. The quantitative estimate of drug-likeness (QED) is 0.862. The lowest BCUT2D eigenvalue weighted by Crippen LogP contribution is -2.08. The Morgan fingerprint density at radius 2 is 2.11 bits per heavy atom. The van der Waals surface area contributed by atoms with Crippen LogP contribution in [0.1, 0.15) is 11.3 Å². The fourth-order valence-electron chi connectivity index (χ4n) is 1.34. The Bertz CT molecular complexity index is 526. The van der Waals surface area contributed by atoms with Gasteiger partial charge >= 0.3 is 6.18 Å². The van der Waals surface area contributed by atoms with Gasteiger partial charge in [-0.2, -0.15) is 13.2 Å². The molecule has 0 aliphatic rings. The summed E-state index contributed by atoms with van der Waals surface area (Å²) < 4.78 is 42.6. The molecule has 2 heterocycles. The molecule has 2 rings (SSSR count). The molecule has 0 unspecified atom stereocenters. The van der Waals surface area contributed by atoms with Gasteiger partial charge in [0, 0.05) is 0 Å². The van der Waals surface area contributed by atoms with Gasteiger partial charge in [0.1, 0.15) is 16.7 Å². The van der Waals surface area contributed by atoms with Crippen LogP contribution in [0, 0.1) is 0 Å². The van der Waals surface area contributed by atoms with E-state index in [9.17, 15) is 13.2 Å². The second-order valence-electron chi connectivity index (χ2n) is 3.49. The maximum Gasteiger partial charge on any atom is 0.416 e. The van der Waals surface area contributed by atoms with Crippen LogP contribution >= 0.6 is 11.6 Å². The van der Waals surface area contributed by atoms with Crippen molar-refractivity contribution in [1.29, 1.82) is 0 Å². The maximum atomic E-state index is 12.5. The number of anilines is 1. The average Bonchev–Trinajstić information content (AvgIpc) is 2.77. The van der Waals surface area contributed by atoms with Crippen molar-refractivity contribution in [3.63, 3.8) is 0 Å². The molecule has 0 bridgehead atoms. The molecule has 0 radical (unpaired) electrons. The minimum atomic E-state index is -4.45. The van der Waals surface area contributed by atoms with Gasteiger partial charge in [-0.1, -0.05) is 11.6 Å². The Kier molecular flexibility index (Phi) is 3.47. The monoisotopic (exact) mass is 276 g/mol. The highest BCUT2D eigenvalue weighted by Gasteiger charge is 2.31. The smallest absolute Gasteiger partial charge is 0.416 e. The molecule has 0 saturated heterocycles. The first-order valence-corrected chi connectivity index (χ1v) is 5.34. The van der Waals surface area contributed by atoms with E-state index in [0.717, 1.165) is 12.1 Å². The summed E-state index contributed by atoms with van der Waals surface area (Å²) in [4.78, 5) is 3.76. The van der Waals surface area contributed by atoms with Crippen LogP contribution in [0.25, 0.3) is 0 Å². The third kappa shape index (κ3) is 3.16. The van der Waals surface area contributed by atoms with E-state index in [1.165, 1.54) is 6.26 Å². The Balaban J connectivity index is 2.15. The third-order valence-corrected chi connectivity index (χ3v) is 2.34. The summed E-state index contributed by atoms with van der Waals surface area (Å²) in [5, 5.41) is 2.50.